The van der Waals surface area contributed by atoms with Crippen molar-refractivity contribution in [1.29, 1.82) is 0 Å². The monoisotopic (exact) mass is 285 g/mol. The molecule has 0 atom stereocenters. The number of benzene rings is 1. The number of carbonyl (C=O) groups excluding carboxylic acids is 1. The molecule has 0 radical (unpaired) electrons. The second-order valence-corrected chi connectivity index (χ2v) is 4.12. The predicted molar refractivity (Wildman–Crippen MR) is 70.3 cm³/mol. The fourth-order valence-electron chi connectivity index (χ4n) is 1.44. The molecule has 0 unspecified atom stereocenters. The SMILES string of the molecule is CCN(CC(=O)O)C(=O)/C=C/c1c(F)cccc1Cl. The van der Waals surface area contributed by atoms with Crippen LogP contribution in [0.5, 0.6) is 0 Å². The van der Waals surface area contributed by atoms with E-state index in [0.29, 0.717) is 0 Å². The molecule has 0 bridgehead atoms. The Hall–Kier alpha value is -1.88. The van der Waals surface area contributed by atoms with Gasteiger partial charge in [-0.15, -0.1) is 0 Å². The van der Waals surface area contributed by atoms with Gasteiger partial charge in [-0.3, -0.25) is 9.59 Å². The first kappa shape index (κ1) is 15.2. The number of nitrogens with zero attached hydrogens (tertiary/aromatic N) is 1. The van der Waals surface area contributed by atoms with Gasteiger partial charge in [-0.05, 0) is 25.1 Å². The van der Waals surface area contributed by atoms with E-state index in [4.69, 9.17) is 16.7 Å². The van der Waals surface area contributed by atoms with E-state index in [1.54, 1.807) is 6.92 Å². The summed E-state index contributed by atoms with van der Waals surface area (Å²) >= 11 is 5.80. The predicted octanol–water partition coefficient (Wildman–Crippen LogP) is 2.43. The minimum absolute atomic E-state index is 0.101. The van der Waals surface area contributed by atoms with Gasteiger partial charge >= 0.3 is 5.97 Å². The molecule has 6 heteroatoms. The number of rotatable bonds is 5. The molecular formula is C13H13ClFNO3. The molecule has 19 heavy (non-hydrogen) atoms. The lowest BCUT2D eigenvalue weighted by Crippen LogP contribution is -2.34. The quantitative estimate of drug-likeness (QED) is 0.845. The summed E-state index contributed by atoms with van der Waals surface area (Å²) in [5.41, 5.74) is 0.101. The Labute approximate surface area is 115 Å². The highest BCUT2D eigenvalue weighted by atomic mass is 35.5. The number of hydrogen-bond acceptors (Lipinski definition) is 2. The van der Waals surface area contributed by atoms with Crippen LogP contribution in [0.25, 0.3) is 6.08 Å². The molecule has 0 fully saturated rings. The summed E-state index contributed by atoms with van der Waals surface area (Å²) in [6, 6.07) is 4.19. The van der Waals surface area contributed by atoms with Crippen LogP contribution < -0.4 is 0 Å². The Bertz CT molecular complexity index is 496. The number of halogens is 2. The summed E-state index contributed by atoms with van der Waals surface area (Å²) in [5.74, 6) is -2.16. The van der Waals surface area contributed by atoms with Crippen molar-refractivity contribution in [3.8, 4) is 0 Å². The van der Waals surface area contributed by atoms with Gasteiger partial charge in [0.05, 0.1) is 5.02 Å². The average molecular weight is 286 g/mol. The third kappa shape index (κ3) is 4.37. The molecule has 1 rings (SSSR count). The van der Waals surface area contributed by atoms with Gasteiger partial charge in [-0.2, -0.15) is 0 Å². The molecular weight excluding hydrogens is 273 g/mol. The van der Waals surface area contributed by atoms with E-state index in [9.17, 15) is 14.0 Å². The van der Waals surface area contributed by atoms with Crippen LogP contribution in [0.2, 0.25) is 5.02 Å². The lowest BCUT2D eigenvalue weighted by molar-refractivity contribution is -0.142. The Morgan fingerprint density at radius 2 is 2.16 bits per heavy atom. The molecule has 0 spiro atoms. The highest BCUT2D eigenvalue weighted by Crippen LogP contribution is 2.20. The van der Waals surface area contributed by atoms with E-state index in [1.165, 1.54) is 24.3 Å². The van der Waals surface area contributed by atoms with E-state index in [-0.39, 0.29) is 17.1 Å². The van der Waals surface area contributed by atoms with E-state index < -0.39 is 24.2 Å². The van der Waals surface area contributed by atoms with Crippen molar-refractivity contribution in [2.45, 2.75) is 6.92 Å². The summed E-state index contributed by atoms with van der Waals surface area (Å²) in [6.07, 6.45) is 2.35. The van der Waals surface area contributed by atoms with Crippen molar-refractivity contribution in [2.75, 3.05) is 13.1 Å². The standard InChI is InChI=1S/C13H13ClFNO3/c1-2-16(8-13(18)19)12(17)7-6-9-10(14)4-3-5-11(9)15/h3-7H,2,8H2,1H3,(H,18,19)/b7-6+. The molecule has 4 nitrogen and oxygen atoms in total. The largest absolute Gasteiger partial charge is 0.480 e. The van der Waals surface area contributed by atoms with Crippen LogP contribution in [0, 0.1) is 5.82 Å². The van der Waals surface area contributed by atoms with Gasteiger partial charge in [0.1, 0.15) is 12.4 Å². The molecule has 0 aliphatic carbocycles. The van der Waals surface area contributed by atoms with E-state index >= 15 is 0 Å². The van der Waals surface area contributed by atoms with Crippen LogP contribution >= 0.6 is 11.6 Å². The maximum absolute atomic E-state index is 13.4. The zero-order valence-corrected chi connectivity index (χ0v) is 11.0. The van der Waals surface area contributed by atoms with Gasteiger partial charge in [-0.25, -0.2) is 4.39 Å². The Kier molecular flexibility index (Phi) is 5.51. The maximum atomic E-state index is 13.4. The number of carbonyl (C=O) groups is 2. The highest BCUT2D eigenvalue weighted by Gasteiger charge is 2.12. The van der Waals surface area contributed by atoms with Crippen molar-refractivity contribution in [3.05, 3.63) is 40.7 Å². The summed E-state index contributed by atoms with van der Waals surface area (Å²) < 4.78 is 13.4. The fourth-order valence-corrected chi connectivity index (χ4v) is 1.66. The number of hydrogen-bond donors (Lipinski definition) is 1. The molecule has 1 N–H and O–H groups in total. The Morgan fingerprint density at radius 3 is 2.68 bits per heavy atom. The first-order valence-corrected chi connectivity index (χ1v) is 5.96. The van der Waals surface area contributed by atoms with Crippen LogP contribution in [-0.2, 0) is 9.59 Å². The number of amides is 1. The van der Waals surface area contributed by atoms with Gasteiger partial charge in [0.2, 0.25) is 5.91 Å². The second-order valence-electron chi connectivity index (χ2n) is 3.71. The van der Waals surface area contributed by atoms with Crippen molar-refractivity contribution in [3.63, 3.8) is 0 Å². The normalized spacial score (nSPS) is 10.7. The highest BCUT2D eigenvalue weighted by molar-refractivity contribution is 6.32. The molecule has 102 valence electrons. The average Bonchev–Trinajstić information content (AvgIpc) is 2.34. The van der Waals surface area contributed by atoms with Gasteiger partial charge in [-0.1, -0.05) is 17.7 Å². The molecule has 0 heterocycles. The molecule has 1 aromatic rings. The van der Waals surface area contributed by atoms with Crippen LogP contribution in [0.1, 0.15) is 12.5 Å². The summed E-state index contributed by atoms with van der Waals surface area (Å²) in [7, 11) is 0. The zero-order chi connectivity index (χ0) is 14.4. The number of likely N-dealkylation sites (N-methyl/N-ethyl adjacent to an activating group) is 1. The molecule has 0 aromatic heterocycles. The van der Waals surface area contributed by atoms with E-state index in [1.807, 2.05) is 0 Å². The molecule has 0 aliphatic rings. The number of aliphatic carboxylic acids is 1. The van der Waals surface area contributed by atoms with Crippen molar-refractivity contribution in [1.82, 2.24) is 4.90 Å². The van der Waals surface area contributed by atoms with Crippen LogP contribution in [-0.4, -0.2) is 35.0 Å². The van der Waals surface area contributed by atoms with Gasteiger partial charge in [0.25, 0.3) is 0 Å². The molecule has 1 amide bonds. The minimum atomic E-state index is -1.10. The topological polar surface area (TPSA) is 57.6 Å². The first-order chi connectivity index (χ1) is 8.95. The van der Waals surface area contributed by atoms with Crippen LogP contribution in [0.3, 0.4) is 0 Å². The summed E-state index contributed by atoms with van der Waals surface area (Å²) in [6.45, 7) is 1.51. The van der Waals surface area contributed by atoms with Crippen molar-refractivity contribution >= 4 is 29.6 Å². The maximum Gasteiger partial charge on any atom is 0.323 e. The van der Waals surface area contributed by atoms with E-state index in [0.717, 1.165) is 11.0 Å². The lowest BCUT2D eigenvalue weighted by atomic mass is 10.2. The Balaban J connectivity index is 2.86. The fraction of sp³-hybridized carbons (Fsp3) is 0.231. The van der Waals surface area contributed by atoms with Gasteiger partial charge < -0.3 is 10.0 Å². The number of carboxylic acids is 1. The third-order valence-corrected chi connectivity index (χ3v) is 2.74. The van der Waals surface area contributed by atoms with Gasteiger partial charge in [0.15, 0.2) is 0 Å². The third-order valence-electron chi connectivity index (χ3n) is 2.41. The van der Waals surface area contributed by atoms with Crippen molar-refractivity contribution < 1.29 is 19.1 Å². The summed E-state index contributed by atoms with van der Waals surface area (Å²) in [5, 5.41) is 8.82. The van der Waals surface area contributed by atoms with Crippen molar-refractivity contribution in [2.24, 2.45) is 0 Å². The first-order valence-electron chi connectivity index (χ1n) is 5.58. The van der Waals surface area contributed by atoms with Gasteiger partial charge in [0, 0.05) is 18.2 Å². The second kappa shape index (κ2) is 6.89. The summed E-state index contributed by atoms with van der Waals surface area (Å²) in [4.78, 5) is 23.4. The minimum Gasteiger partial charge on any atom is -0.480 e. The molecule has 0 aliphatic heterocycles. The zero-order valence-electron chi connectivity index (χ0n) is 10.3. The molecule has 0 saturated carbocycles. The lowest BCUT2D eigenvalue weighted by Gasteiger charge is -2.16. The Morgan fingerprint density at radius 1 is 1.47 bits per heavy atom. The number of carboxylic acid groups (broad SMARTS) is 1. The van der Waals surface area contributed by atoms with E-state index in [2.05, 4.69) is 0 Å². The van der Waals surface area contributed by atoms with Crippen LogP contribution in [0.4, 0.5) is 4.39 Å². The molecule has 0 saturated heterocycles. The van der Waals surface area contributed by atoms with Crippen LogP contribution in [0.15, 0.2) is 24.3 Å². The smallest absolute Gasteiger partial charge is 0.323 e. The molecule has 1 aromatic carbocycles.